The van der Waals surface area contributed by atoms with Crippen molar-refractivity contribution >= 4 is 6.03 Å². The Morgan fingerprint density at radius 1 is 1.31 bits per heavy atom. The number of hydrogen-bond acceptors (Lipinski definition) is 3. The number of urea groups is 1. The number of hydrogen-bond donors (Lipinski definition) is 1. The van der Waals surface area contributed by atoms with Gasteiger partial charge in [-0.2, -0.15) is 0 Å². The molecule has 26 heavy (non-hydrogen) atoms. The van der Waals surface area contributed by atoms with Crippen LogP contribution in [0.25, 0.3) is 0 Å². The fourth-order valence-electron chi connectivity index (χ4n) is 3.50. The summed E-state index contributed by atoms with van der Waals surface area (Å²) in [6.07, 6.45) is 8.87. The quantitative estimate of drug-likeness (QED) is 0.832. The number of rotatable bonds is 7. The van der Waals surface area contributed by atoms with Gasteiger partial charge in [-0.3, -0.25) is 0 Å². The predicted molar refractivity (Wildman–Crippen MR) is 98.7 cm³/mol. The number of aromatic nitrogens is 2. The molecule has 4 rings (SSSR count). The van der Waals surface area contributed by atoms with Crippen molar-refractivity contribution in [2.24, 2.45) is 5.92 Å². The summed E-state index contributed by atoms with van der Waals surface area (Å²) in [4.78, 5) is 18.8. The molecule has 138 valence electrons. The molecule has 1 unspecified atom stereocenters. The van der Waals surface area contributed by atoms with Crippen molar-refractivity contribution in [1.82, 2.24) is 19.8 Å². The van der Waals surface area contributed by atoms with Gasteiger partial charge < -0.3 is 19.5 Å². The van der Waals surface area contributed by atoms with E-state index in [-0.39, 0.29) is 6.03 Å². The normalized spacial score (nSPS) is 19.5. The van der Waals surface area contributed by atoms with Crippen LogP contribution in [-0.2, 0) is 17.8 Å². The molecule has 2 aromatic rings. The topological polar surface area (TPSA) is 59.4 Å². The van der Waals surface area contributed by atoms with Crippen LogP contribution in [0.4, 0.5) is 4.79 Å². The maximum atomic E-state index is 12.7. The minimum atomic E-state index is 0.0550. The summed E-state index contributed by atoms with van der Waals surface area (Å²) in [6.45, 7) is 3.77. The highest BCUT2D eigenvalue weighted by molar-refractivity contribution is 5.75. The number of benzene rings is 1. The number of amides is 2. The third kappa shape index (κ3) is 4.43. The van der Waals surface area contributed by atoms with Gasteiger partial charge >= 0.3 is 6.03 Å². The number of imidazole rings is 1. The van der Waals surface area contributed by atoms with E-state index >= 15 is 0 Å². The molecule has 6 heteroatoms. The summed E-state index contributed by atoms with van der Waals surface area (Å²) in [5.74, 6) is 0.486. The SMILES string of the molecule is O=C(NCc1cccc(Cn2ccnc2)c1)N(CC1CCOC1)C1CC1. The molecule has 1 aliphatic heterocycles. The molecule has 1 aromatic heterocycles. The Morgan fingerprint density at radius 3 is 2.92 bits per heavy atom. The molecule has 2 aliphatic rings. The number of ether oxygens (including phenoxy) is 1. The van der Waals surface area contributed by atoms with Gasteiger partial charge in [-0.15, -0.1) is 0 Å². The van der Waals surface area contributed by atoms with E-state index in [1.54, 1.807) is 6.20 Å². The largest absolute Gasteiger partial charge is 0.381 e. The average Bonchev–Trinajstić information content (AvgIpc) is 3.12. The van der Waals surface area contributed by atoms with Gasteiger partial charge in [-0.25, -0.2) is 9.78 Å². The van der Waals surface area contributed by atoms with Crippen molar-refractivity contribution in [2.45, 2.75) is 38.4 Å². The van der Waals surface area contributed by atoms with Crippen molar-refractivity contribution < 1.29 is 9.53 Å². The first-order valence-electron chi connectivity index (χ1n) is 9.44. The fraction of sp³-hybridized carbons (Fsp3) is 0.500. The van der Waals surface area contributed by atoms with Gasteiger partial charge in [0.25, 0.3) is 0 Å². The zero-order valence-corrected chi connectivity index (χ0v) is 15.0. The lowest BCUT2D eigenvalue weighted by atomic mass is 10.1. The van der Waals surface area contributed by atoms with E-state index in [2.05, 4.69) is 28.5 Å². The molecule has 6 nitrogen and oxygen atoms in total. The van der Waals surface area contributed by atoms with Gasteiger partial charge in [0.05, 0.1) is 12.9 Å². The summed E-state index contributed by atoms with van der Waals surface area (Å²) in [5.41, 5.74) is 2.33. The van der Waals surface area contributed by atoms with Gasteiger partial charge in [0.1, 0.15) is 0 Å². The summed E-state index contributed by atoms with van der Waals surface area (Å²) >= 11 is 0. The standard InChI is InChI=1S/C20H26N4O2/c25-20(24(19-4-5-19)13-18-6-9-26-14-18)22-11-16-2-1-3-17(10-16)12-23-8-7-21-15-23/h1-3,7-8,10,15,18-19H,4-6,9,11-14H2,(H,22,25). The van der Waals surface area contributed by atoms with Crippen molar-refractivity contribution in [2.75, 3.05) is 19.8 Å². The van der Waals surface area contributed by atoms with Crippen LogP contribution in [0.3, 0.4) is 0 Å². The molecule has 2 heterocycles. The minimum absolute atomic E-state index is 0.0550. The molecule has 1 saturated heterocycles. The molecular formula is C20H26N4O2. The third-order valence-electron chi connectivity index (χ3n) is 5.09. The highest BCUT2D eigenvalue weighted by atomic mass is 16.5. The first-order chi connectivity index (χ1) is 12.8. The van der Waals surface area contributed by atoms with Gasteiger partial charge in [-0.1, -0.05) is 24.3 Å². The molecule has 1 saturated carbocycles. The molecular weight excluding hydrogens is 328 g/mol. The second-order valence-electron chi connectivity index (χ2n) is 7.33. The molecule has 2 fully saturated rings. The Labute approximate surface area is 154 Å². The summed E-state index contributed by atoms with van der Waals surface area (Å²) in [6, 6.07) is 8.82. The molecule has 0 radical (unpaired) electrons. The van der Waals surface area contributed by atoms with Crippen LogP contribution in [0, 0.1) is 5.92 Å². The Balaban J connectivity index is 1.32. The Kier molecular flexibility index (Phi) is 5.20. The maximum Gasteiger partial charge on any atom is 0.317 e. The van der Waals surface area contributed by atoms with Crippen LogP contribution in [0.15, 0.2) is 43.0 Å². The summed E-state index contributed by atoms with van der Waals surface area (Å²) in [7, 11) is 0. The van der Waals surface area contributed by atoms with Crippen LogP contribution < -0.4 is 5.32 Å². The molecule has 1 N–H and O–H groups in total. The first kappa shape index (κ1) is 17.1. The predicted octanol–water partition coefficient (Wildman–Crippen LogP) is 2.64. The van der Waals surface area contributed by atoms with E-state index in [0.29, 0.717) is 18.5 Å². The number of nitrogens with zero attached hydrogens (tertiary/aromatic N) is 3. The monoisotopic (exact) mass is 354 g/mol. The van der Waals surface area contributed by atoms with Crippen LogP contribution in [0.2, 0.25) is 0 Å². The second-order valence-corrected chi connectivity index (χ2v) is 7.33. The second kappa shape index (κ2) is 7.91. The van der Waals surface area contributed by atoms with Gasteiger partial charge in [0.2, 0.25) is 0 Å². The lowest BCUT2D eigenvalue weighted by Crippen LogP contribution is -2.43. The Bertz CT molecular complexity index is 721. The summed E-state index contributed by atoms with van der Waals surface area (Å²) in [5, 5.41) is 3.11. The van der Waals surface area contributed by atoms with Gasteiger partial charge in [0, 0.05) is 50.6 Å². The van der Waals surface area contributed by atoms with E-state index in [4.69, 9.17) is 4.74 Å². The molecule has 0 bridgehead atoms. The third-order valence-corrected chi connectivity index (χ3v) is 5.09. The van der Waals surface area contributed by atoms with E-state index in [9.17, 15) is 4.79 Å². The van der Waals surface area contributed by atoms with Crippen molar-refractivity contribution in [3.05, 3.63) is 54.1 Å². The van der Waals surface area contributed by atoms with E-state index in [1.807, 2.05) is 28.1 Å². The first-order valence-corrected chi connectivity index (χ1v) is 9.44. The Morgan fingerprint density at radius 2 is 2.19 bits per heavy atom. The van der Waals surface area contributed by atoms with Crippen LogP contribution in [0.1, 0.15) is 30.4 Å². The lowest BCUT2D eigenvalue weighted by molar-refractivity contribution is 0.162. The minimum Gasteiger partial charge on any atom is -0.381 e. The highest BCUT2D eigenvalue weighted by Crippen LogP contribution is 2.29. The van der Waals surface area contributed by atoms with E-state index in [0.717, 1.165) is 51.1 Å². The molecule has 2 amide bonds. The van der Waals surface area contributed by atoms with Gasteiger partial charge in [0.15, 0.2) is 0 Å². The lowest BCUT2D eigenvalue weighted by Gasteiger charge is -2.25. The smallest absolute Gasteiger partial charge is 0.317 e. The Hall–Kier alpha value is -2.34. The van der Waals surface area contributed by atoms with E-state index in [1.165, 1.54) is 5.56 Å². The van der Waals surface area contributed by atoms with Crippen molar-refractivity contribution in [1.29, 1.82) is 0 Å². The average molecular weight is 354 g/mol. The van der Waals surface area contributed by atoms with Crippen LogP contribution >= 0.6 is 0 Å². The molecule has 0 spiro atoms. The number of carbonyl (C=O) groups excluding carboxylic acids is 1. The highest BCUT2D eigenvalue weighted by Gasteiger charge is 2.34. The van der Waals surface area contributed by atoms with E-state index < -0.39 is 0 Å². The van der Waals surface area contributed by atoms with Crippen molar-refractivity contribution in [3.8, 4) is 0 Å². The zero-order valence-electron chi connectivity index (χ0n) is 15.0. The molecule has 1 aromatic carbocycles. The van der Waals surface area contributed by atoms with Crippen LogP contribution in [0.5, 0.6) is 0 Å². The summed E-state index contributed by atoms with van der Waals surface area (Å²) < 4.78 is 7.50. The molecule has 1 atom stereocenters. The zero-order chi connectivity index (χ0) is 17.8. The maximum absolute atomic E-state index is 12.7. The van der Waals surface area contributed by atoms with Crippen molar-refractivity contribution in [3.63, 3.8) is 0 Å². The molecule has 1 aliphatic carbocycles. The van der Waals surface area contributed by atoms with Gasteiger partial charge in [-0.05, 0) is 30.4 Å². The number of nitrogens with one attached hydrogen (secondary N) is 1. The number of carbonyl (C=O) groups is 1. The van der Waals surface area contributed by atoms with Crippen LogP contribution in [-0.4, -0.2) is 46.3 Å². The fourth-order valence-corrected chi connectivity index (χ4v) is 3.50.